The van der Waals surface area contributed by atoms with Crippen LogP contribution in [0, 0.1) is 5.92 Å². The van der Waals surface area contributed by atoms with Gasteiger partial charge in [-0.15, -0.1) is 0 Å². The normalized spacial score (nSPS) is 18.1. The maximum absolute atomic E-state index is 13.1. The molecule has 2 aromatic rings. The van der Waals surface area contributed by atoms with E-state index in [0.717, 1.165) is 6.54 Å². The van der Waals surface area contributed by atoms with Crippen LogP contribution in [-0.2, 0) is 4.79 Å². The number of hydrogen-bond acceptors (Lipinski definition) is 4. The van der Waals surface area contributed by atoms with Crippen LogP contribution >= 0.6 is 0 Å². The summed E-state index contributed by atoms with van der Waals surface area (Å²) < 4.78 is 1.56. The number of carbonyl (C=O) groups is 2. The summed E-state index contributed by atoms with van der Waals surface area (Å²) in [5.41, 5.74) is 1.18. The smallest absolute Gasteiger partial charge is 0.256 e. The van der Waals surface area contributed by atoms with Crippen molar-refractivity contribution in [2.24, 2.45) is 5.92 Å². The SMILES string of the molecule is CC(C)CN1CCN(C(=O)c2ccccc2-n2cncn2)[C@@H](C)C1=O. The van der Waals surface area contributed by atoms with Crippen molar-refractivity contribution in [3.63, 3.8) is 0 Å². The van der Waals surface area contributed by atoms with E-state index in [1.807, 2.05) is 23.1 Å². The van der Waals surface area contributed by atoms with Crippen LogP contribution in [0.4, 0.5) is 0 Å². The van der Waals surface area contributed by atoms with E-state index in [4.69, 9.17) is 0 Å². The Morgan fingerprint density at radius 3 is 2.72 bits per heavy atom. The van der Waals surface area contributed by atoms with E-state index in [-0.39, 0.29) is 11.8 Å². The van der Waals surface area contributed by atoms with Crippen molar-refractivity contribution >= 4 is 11.8 Å². The van der Waals surface area contributed by atoms with Crippen LogP contribution in [0.3, 0.4) is 0 Å². The highest BCUT2D eigenvalue weighted by Crippen LogP contribution is 2.20. The molecule has 1 aliphatic rings. The van der Waals surface area contributed by atoms with Crippen LogP contribution in [0.25, 0.3) is 5.69 Å². The molecule has 1 aromatic carbocycles. The van der Waals surface area contributed by atoms with E-state index < -0.39 is 6.04 Å². The summed E-state index contributed by atoms with van der Waals surface area (Å²) in [7, 11) is 0. The highest BCUT2D eigenvalue weighted by atomic mass is 16.2. The van der Waals surface area contributed by atoms with Crippen LogP contribution in [0.2, 0.25) is 0 Å². The summed E-state index contributed by atoms with van der Waals surface area (Å²) >= 11 is 0. The lowest BCUT2D eigenvalue weighted by Crippen LogP contribution is -2.58. The molecule has 0 aliphatic carbocycles. The van der Waals surface area contributed by atoms with Crippen molar-refractivity contribution in [1.29, 1.82) is 0 Å². The molecule has 0 unspecified atom stereocenters. The van der Waals surface area contributed by atoms with Gasteiger partial charge in [0.25, 0.3) is 5.91 Å². The van der Waals surface area contributed by atoms with Crippen LogP contribution in [-0.4, -0.2) is 62.1 Å². The Hall–Kier alpha value is -2.70. The fourth-order valence-corrected chi connectivity index (χ4v) is 3.17. The topological polar surface area (TPSA) is 71.3 Å². The number of hydrogen-bond donors (Lipinski definition) is 0. The summed E-state index contributed by atoms with van der Waals surface area (Å²) in [4.78, 5) is 33.2. The molecular formula is C18H23N5O2. The van der Waals surface area contributed by atoms with Gasteiger partial charge < -0.3 is 9.80 Å². The number of para-hydroxylation sites is 1. The summed E-state index contributed by atoms with van der Waals surface area (Å²) in [5, 5.41) is 4.11. The van der Waals surface area contributed by atoms with Gasteiger partial charge in [-0.25, -0.2) is 9.67 Å². The number of benzene rings is 1. The zero-order chi connectivity index (χ0) is 18.0. The Balaban J connectivity index is 1.84. The molecule has 132 valence electrons. The number of amides is 2. The second-order valence-corrected chi connectivity index (χ2v) is 6.71. The largest absolute Gasteiger partial charge is 0.339 e. The first-order chi connectivity index (χ1) is 12.0. The lowest BCUT2D eigenvalue weighted by Gasteiger charge is -2.40. The molecule has 1 atom stereocenters. The van der Waals surface area contributed by atoms with Crippen LogP contribution in [0.15, 0.2) is 36.9 Å². The third-order valence-electron chi connectivity index (χ3n) is 4.39. The van der Waals surface area contributed by atoms with Gasteiger partial charge in [-0.1, -0.05) is 26.0 Å². The van der Waals surface area contributed by atoms with Gasteiger partial charge in [0.15, 0.2) is 0 Å². The van der Waals surface area contributed by atoms with Crippen molar-refractivity contribution < 1.29 is 9.59 Å². The van der Waals surface area contributed by atoms with Gasteiger partial charge in [-0.3, -0.25) is 9.59 Å². The molecule has 0 spiro atoms. The van der Waals surface area contributed by atoms with E-state index in [1.165, 1.54) is 6.33 Å². The van der Waals surface area contributed by atoms with Gasteiger partial charge in [0.2, 0.25) is 5.91 Å². The molecule has 25 heavy (non-hydrogen) atoms. The molecule has 0 bridgehead atoms. The van der Waals surface area contributed by atoms with Crippen molar-refractivity contribution in [2.75, 3.05) is 19.6 Å². The van der Waals surface area contributed by atoms with Crippen molar-refractivity contribution in [1.82, 2.24) is 24.6 Å². The molecule has 0 radical (unpaired) electrons. The average Bonchev–Trinajstić information content (AvgIpc) is 3.13. The zero-order valence-corrected chi connectivity index (χ0v) is 14.8. The number of carbonyl (C=O) groups excluding carboxylic acids is 2. The molecule has 1 saturated heterocycles. The summed E-state index contributed by atoms with van der Waals surface area (Å²) in [6.45, 7) is 7.79. The average molecular weight is 341 g/mol. The summed E-state index contributed by atoms with van der Waals surface area (Å²) in [5.74, 6) is 0.258. The minimum absolute atomic E-state index is 0.00605. The summed E-state index contributed by atoms with van der Waals surface area (Å²) in [6.07, 6.45) is 2.99. The quantitative estimate of drug-likeness (QED) is 0.847. The third-order valence-corrected chi connectivity index (χ3v) is 4.39. The zero-order valence-electron chi connectivity index (χ0n) is 14.8. The molecular weight excluding hydrogens is 318 g/mol. The highest BCUT2D eigenvalue weighted by molar-refractivity contribution is 6.00. The van der Waals surface area contributed by atoms with Gasteiger partial charge in [-0.05, 0) is 25.0 Å². The first kappa shape index (κ1) is 17.1. The molecule has 1 fully saturated rings. The lowest BCUT2D eigenvalue weighted by molar-refractivity contribution is -0.140. The molecule has 7 nitrogen and oxygen atoms in total. The van der Waals surface area contributed by atoms with Gasteiger partial charge in [0.1, 0.15) is 18.7 Å². The van der Waals surface area contributed by atoms with Gasteiger partial charge in [0.05, 0.1) is 11.3 Å². The molecule has 2 amide bonds. The van der Waals surface area contributed by atoms with E-state index in [0.29, 0.717) is 30.3 Å². The molecule has 7 heteroatoms. The van der Waals surface area contributed by atoms with Crippen molar-refractivity contribution in [2.45, 2.75) is 26.8 Å². The van der Waals surface area contributed by atoms with Crippen molar-refractivity contribution in [3.05, 3.63) is 42.5 Å². The number of piperazine rings is 1. The lowest BCUT2D eigenvalue weighted by atomic mass is 10.1. The fraction of sp³-hybridized carbons (Fsp3) is 0.444. The van der Waals surface area contributed by atoms with Gasteiger partial charge >= 0.3 is 0 Å². The monoisotopic (exact) mass is 341 g/mol. The Morgan fingerprint density at radius 1 is 1.28 bits per heavy atom. The molecule has 1 aromatic heterocycles. The minimum Gasteiger partial charge on any atom is -0.339 e. The molecule has 3 rings (SSSR count). The maximum Gasteiger partial charge on any atom is 0.256 e. The van der Waals surface area contributed by atoms with Gasteiger partial charge in [0, 0.05) is 19.6 Å². The summed E-state index contributed by atoms with van der Waals surface area (Å²) in [6, 6.07) is 6.78. The predicted molar refractivity (Wildman–Crippen MR) is 93.3 cm³/mol. The Kier molecular flexibility index (Phi) is 4.83. The van der Waals surface area contributed by atoms with E-state index >= 15 is 0 Å². The highest BCUT2D eigenvalue weighted by Gasteiger charge is 2.35. The standard InChI is InChI=1S/C18H23N5O2/c1-13(2)10-21-8-9-22(14(3)17(21)24)18(25)15-6-4-5-7-16(15)23-12-19-11-20-23/h4-7,11-14H,8-10H2,1-3H3/t14-/m0/s1. The van der Waals surface area contributed by atoms with Crippen LogP contribution in [0.1, 0.15) is 31.1 Å². The van der Waals surface area contributed by atoms with Crippen LogP contribution < -0.4 is 0 Å². The Labute approximate surface area is 147 Å². The first-order valence-electron chi connectivity index (χ1n) is 8.53. The number of nitrogens with zero attached hydrogens (tertiary/aromatic N) is 5. The van der Waals surface area contributed by atoms with Crippen molar-refractivity contribution in [3.8, 4) is 5.69 Å². The molecule has 0 saturated carbocycles. The van der Waals surface area contributed by atoms with E-state index in [2.05, 4.69) is 23.9 Å². The Bertz CT molecular complexity index is 757. The fourth-order valence-electron chi connectivity index (χ4n) is 3.17. The minimum atomic E-state index is -0.469. The first-order valence-corrected chi connectivity index (χ1v) is 8.53. The maximum atomic E-state index is 13.1. The van der Waals surface area contributed by atoms with Gasteiger partial charge in [-0.2, -0.15) is 5.10 Å². The van der Waals surface area contributed by atoms with E-state index in [1.54, 1.807) is 28.9 Å². The van der Waals surface area contributed by atoms with Crippen LogP contribution in [0.5, 0.6) is 0 Å². The van der Waals surface area contributed by atoms with E-state index in [9.17, 15) is 9.59 Å². The Morgan fingerprint density at radius 2 is 2.04 bits per heavy atom. The number of aromatic nitrogens is 3. The number of rotatable bonds is 4. The second kappa shape index (κ2) is 7.04. The molecule has 0 N–H and O–H groups in total. The predicted octanol–water partition coefficient (Wildman–Crippen LogP) is 1.60. The molecule has 1 aliphatic heterocycles. The molecule has 2 heterocycles. The third kappa shape index (κ3) is 3.40. The second-order valence-electron chi connectivity index (χ2n) is 6.71.